The molecular formula is C20H24Cl2N2O3S. The standard InChI is InChI=1S/C20H24Cl2N2O3S/c1-14-6-8-16(9-7-14)15(2)23-20(25)5-4-12-24(28(3,26)27)17-10-11-18(21)19(22)13-17/h6-11,13,15H,4-5,12H2,1-3H3,(H,23,25). The Morgan fingerprint density at radius 2 is 1.75 bits per heavy atom. The molecule has 0 saturated carbocycles. The minimum atomic E-state index is -3.52. The van der Waals surface area contributed by atoms with E-state index in [1.807, 2.05) is 38.1 Å². The van der Waals surface area contributed by atoms with Crippen LogP contribution < -0.4 is 9.62 Å². The number of anilines is 1. The van der Waals surface area contributed by atoms with Crippen LogP contribution in [0.2, 0.25) is 10.0 Å². The van der Waals surface area contributed by atoms with Crippen LogP contribution in [0, 0.1) is 6.92 Å². The van der Waals surface area contributed by atoms with Gasteiger partial charge in [0.25, 0.3) is 0 Å². The number of hydrogen-bond donors (Lipinski definition) is 1. The molecule has 0 fully saturated rings. The van der Waals surface area contributed by atoms with Crippen molar-refractivity contribution in [3.8, 4) is 0 Å². The molecule has 0 heterocycles. The molecule has 0 aliphatic heterocycles. The lowest BCUT2D eigenvalue weighted by molar-refractivity contribution is -0.121. The van der Waals surface area contributed by atoms with Crippen LogP contribution in [0.4, 0.5) is 5.69 Å². The molecule has 0 aliphatic carbocycles. The molecule has 152 valence electrons. The summed E-state index contributed by atoms with van der Waals surface area (Å²) in [6.45, 7) is 4.10. The summed E-state index contributed by atoms with van der Waals surface area (Å²) in [7, 11) is -3.52. The SMILES string of the molecule is Cc1ccc(C(C)NC(=O)CCCN(c2ccc(Cl)c(Cl)c2)S(C)(=O)=O)cc1. The smallest absolute Gasteiger partial charge is 0.232 e. The van der Waals surface area contributed by atoms with Gasteiger partial charge in [-0.1, -0.05) is 53.0 Å². The molecule has 0 radical (unpaired) electrons. The van der Waals surface area contributed by atoms with Crippen LogP contribution in [0.3, 0.4) is 0 Å². The number of halogens is 2. The average molecular weight is 443 g/mol. The van der Waals surface area contributed by atoms with Crippen LogP contribution in [0.1, 0.15) is 36.9 Å². The van der Waals surface area contributed by atoms with Gasteiger partial charge in [-0.15, -0.1) is 0 Å². The maximum absolute atomic E-state index is 12.2. The Labute approximate surface area is 176 Å². The number of carbonyl (C=O) groups excluding carboxylic acids is 1. The molecule has 5 nitrogen and oxygen atoms in total. The molecule has 2 aromatic rings. The molecule has 0 spiro atoms. The van der Waals surface area contributed by atoms with E-state index in [0.717, 1.165) is 17.4 Å². The maximum Gasteiger partial charge on any atom is 0.232 e. The minimum Gasteiger partial charge on any atom is -0.350 e. The normalized spacial score (nSPS) is 12.5. The quantitative estimate of drug-likeness (QED) is 0.642. The zero-order chi connectivity index (χ0) is 20.9. The Morgan fingerprint density at radius 3 is 2.32 bits per heavy atom. The number of nitrogens with zero attached hydrogens (tertiary/aromatic N) is 1. The first kappa shape index (κ1) is 22.5. The summed E-state index contributed by atoms with van der Waals surface area (Å²) in [6.07, 6.45) is 1.71. The maximum atomic E-state index is 12.2. The van der Waals surface area contributed by atoms with Crippen molar-refractivity contribution >= 4 is 44.8 Å². The van der Waals surface area contributed by atoms with Crippen LogP contribution in [0.25, 0.3) is 0 Å². The minimum absolute atomic E-state index is 0.116. The van der Waals surface area contributed by atoms with Gasteiger partial charge in [0.1, 0.15) is 0 Å². The van der Waals surface area contributed by atoms with E-state index in [9.17, 15) is 13.2 Å². The van der Waals surface area contributed by atoms with Gasteiger partial charge in [0.15, 0.2) is 0 Å². The van der Waals surface area contributed by atoms with Gasteiger partial charge in [0, 0.05) is 13.0 Å². The second-order valence-corrected chi connectivity index (χ2v) is 9.46. The van der Waals surface area contributed by atoms with Crippen molar-refractivity contribution < 1.29 is 13.2 Å². The van der Waals surface area contributed by atoms with E-state index in [0.29, 0.717) is 17.1 Å². The predicted molar refractivity (Wildman–Crippen MR) is 116 cm³/mol. The highest BCUT2D eigenvalue weighted by molar-refractivity contribution is 7.92. The largest absolute Gasteiger partial charge is 0.350 e. The lowest BCUT2D eigenvalue weighted by Crippen LogP contribution is -2.32. The fraction of sp³-hybridized carbons (Fsp3) is 0.350. The number of benzene rings is 2. The fourth-order valence-electron chi connectivity index (χ4n) is 2.76. The fourth-order valence-corrected chi connectivity index (χ4v) is 4.01. The Balaban J connectivity index is 1.95. The highest BCUT2D eigenvalue weighted by Gasteiger charge is 2.19. The van der Waals surface area contributed by atoms with Crippen LogP contribution in [0.5, 0.6) is 0 Å². The lowest BCUT2D eigenvalue weighted by Gasteiger charge is -2.23. The Bertz CT molecular complexity index is 931. The number of hydrogen-bond acceptors (Lipinski definition) is 3. The van der Waals surface area contributed by atoms with Gasteiger partial charge in [0.2, 0.25) is 15.9 Å². The van der Waals surface area contributed by atoms with Crippen molar-refractivity contribution in [3.05, 3.63) is 63.6 Å². The molecular weight excluding hydrogens is 419 g/mol. The average Bonchev–Trinajstić information content (AvgIpc) is 2.60. The summed E-state index contributed by atoms with van der Waals surface area (Å²) in [5, 5.41) is 3.56. The first-order chi connectivity index (χ1) is 13.1. The van der Waals surface area contributed by atoms with E-state index in [2.05, 4.69) is 5.32 Å². The van der Waals surface area contributed by atoms with Crippen LogP contribution in [0.15, 0.2) is 42.5 Å². The number of sulfonamides is 1. The van der Waals surface area contributed by atoms with Gasteiger partial charge in [0.05, 0.1) is 28.0 Å². The van der Waals surface area contributed by atoms with Crippen molar-refractivity contribution in [1.82, 2.24) is 5.32 Å². The van der Waals surface area contributed by atoms with Gasteiger partial charge in [-0.25, -0.2) is 8.42 Å². The number of amides is 1. The van der Waals surface area contributed by atoms with Crippen molar-refractivity contribution in [2.75, 3.05) is 17.1 Å². The molecule has 28 heavy (non-hydrogen) atoms. The Hall–Kier alpha value is -1.76. The third kappa shape index (κ3) is 6.40. The van der Waals surface area contributed by atoms with Crippen molar-refractivity contribution in [3.63, 3.8) is 0 Å². The summed E-state index contributed by atoms with van der Waals surface area (Å²) >= 11 is 11.9. The first-order valence-electron chi connectivity index (χ1n) is 8.86. The second kappa shape index (κ2) is 9.63. The number of rotatable bonds is 8. The molecule has 1 unspecified atom stereocenters. The van der Waals surface area contributed by atoms with E-state index in [4.69, 9.17) is 23.2 Å². The molecule has 8 heteroatoms. The van der Waals surface area contributed by atoms with Gasteiger partial charge in [-0.3, -0.25) is 9.10 Å². The van der Waals surface area contributed by atoms with E-state index >= 15 is 0 Å². The zero-order valence-corrected chi connectivity index (χ0v) is 18.4. The summed E-state index contributed by atoms with van der Waals surface area (Å²) in [5.41, 5.74) is 2.60. The van der Waals surface area contributed by atoms with Gasteiger partial charge < -0.3 is 5.32 Å². The van der Waals surface area contributed by atoms with E-state index in [-0.39, 0.29) is 29.9 Å². The summed E-state index contributed by atoms with van der Waals surface area (Å²) in [4.78, 5) is 12.2. The molecule has 0 aliphatic rings. The van der Waals surface area contributed by atoms with Crippen LogP contribution in [-0.4, -0.2) is 27.1 Å². The summed E-state index contributed by atoms with van der Waals surface area (Å²) in [5.74, 6) is -0.129. The van der Waals surface area contributed by atoms with Crippen LogP contribution >= 0.6 is 23.2 Å². The van der Waals surface area contributed by atoms with Crippen LogP contribution in [-0.2, 0) is 14.8 Å². The highest BCUT2D eigenvalue weighted by Crippen LogP contribution is 2.28. The third-order valence-electron chi connectivity index (χ3n) is 4.31. The third-order valence-corrected chi connectivity index (χ3v) is 6.24. The molecule has 0 bridgehead atoms. The van der Waals surface area contributed by atoms with E-state index < -0.39 is 10.0 Å². The summed E-state index contributed by atoms with van der Waals surface area (Å²) < 4.78 is 25.5. The monoisotopic (exact) mass is 442 g/mol. The van der Waals surface area contributed by atoms with Gasteiger partial charge >= 0.3 is 0 Å². The summed E-state index contributed by atoms with van der Waals surface area (Å²) in [6, 6.07) is 12.5. The van der Waals surface area contributed by atoms with Gasteiger partial charge in [-0.2, -0.15) is 0 Å². The molecule has 0 aromatic heterocycles. The van der Waals surface area contributed by atoms with E-state index in [1.165, 1.54) is 10.4 Å². The second-order valence-electron chi connectivity index (χ2n) is 6.74. The number of aryl methyl sites for hydroxylation is 1. The van der Waals surface area contributed by atoms with Crippen molar-refractivity contribution in [1.29, 1.82) is 0 Å². The van der Waals surface area contributed by atoms with Crippen molar-refractivity contribution in [2.24, 2.45) is 0 Å². The molecule has 1 atom stereocenters. The Morgan fingerprint density at radius 1 is 1.11 bits per heavy atom. The zero-order valence-electron chi connectivity index (χ0n) is 16.1. The molecule has 1 amide bonds. The van der Waals surface area contributed by atoms with E-state index in [1.54, 1.807) is 12.1 Å². The van der Waals surface area contributed by atoms with Crippen molar-refractivity contribution in [2.45, 2.75) is 32.7 Å². The molecule has 2 aromatic carbocycles. The van der Waals surface area contributed by atoms with Gasteiger partial charge in [-0.05, 0) is 44.0 Å². The molecule has 0 saturated heterocycles. The Kier molecular flexibility index (Phi) is 7.75. The highest BCUT2D eigenvalue weighted by atomic mass is 35.5. The first-order valence-corrected chi connectivity index (χ1v) is 11.5. The lowest BCUT2D eigenvalue weighted by atomic mass is 10.1. The molecule has 1 N–H and O–H groups in total. The topological polar surface area (TPSA) is 66.5 Å². The molecule has 2 rings (SSSR count). The predicted octanol–water partition coefficient (Wildman–Crippen LogP) is 4.73. The number of carbonyl (C=O) groups is 1. The number of nitrogens with one attached hydrogen (secondary N) is 1.